The van der Waals surface area contributed by atoms with Crippen LogP contribution in [0.3, 0.4) is 0 Å². The van der Waals surface area contributed by atoms with Crippen LogP contribution in [-0.4, -0.2) is 36.7 Å². The molecule has 0 aliphatic carbocycles. The van der Waals surface area contributed by atoms with Gasteiger partial charge in [-0.05, 0) is 19.4 Å². The van der Waals surface area contributed by atoms with Crippen molar-refractivity contribution in [1.82, 2.24) is 0 Å². The Morgan fingerprint density at radius 2 is 1.46 bits per heavy atom. The summed E-state index contributed by atoms with van der Waals surface area (Å²) in [6.45, 7) is 0.751. The van der Waals surface area contributed by atoms with E-state index in [0.717, 1.165) is 31.9 Å². The zero-order valence-electron chi connectivity index (χ0n) is 8.84. The minimum atomic E-state index is -2.31. The number of nitrogens with two attached hydrogens (primary N) is 1. The molecule has 0 atom stereocenters. The second-order valence-electron chi connectivity index (χ2n) is 2.89. The van der Waals surface area contributed by atoms with Gasteiger partial charge >= 0.3 is 8.80 Å². The molecule has 0 radical (unpaired) electrons. The summed E-state index contributed by atoms with van der Waals surface area (Å²) in [5, 5.41) is 0. The van der Waals surface area contributed by atoms with Crippen molar-refractivity contribution < 1.29 is 13.3 Å². The number of hydrogen-bond acceptors (Lipinski definition) is 4. The maximum Gasteiger partial charge on any atom is 0.500 e. The van der Waals surface area contributed by atoms with Gasteiger partial charge in [-0.1, -0.05) is 6.42 Å². The summed E-state index contributed by atoms with van der Waals surface area (Å²) in [6.07, 6.45) is 3.22. The zero-order chi connectivity index (χ0) is 10.2. The summed E-state index contributed by atoms with van der Waals surface area (Å²) in [4.78, 5) is 0. The highest BCUT2D eigenvalue weighted by molar-refractivity contribution is 6.60. The second kappa shape index (κ2) is 7.46. The van der Waals surface area contributed by atoms with Gasteiger partial charge in [-0.25, -0.2) is 0 Å². The summed E-state index contributed by atoms with van der Waals surface area (Å²) < 4.78 is 15.8. The summed E-state index contributed by atoms with van der Waals surface area (Å²) in [5.41, 5.74) is 5.39. The smallest absolute Gasteiger partial charge is 0.377 e. The van der Waals surface area contributed by atoms with E-state index in [2.05, 4.69) is 0 Å². The van der Waals surface area contributed by atoms with Gasteiger partial charge in [-0.15, -0.1) is 0 Å². The Kier molecular flexibility index (Phi) is 7.49. The van der Waals surface area contributed by atoms with Gasteiger partial charge < -0.3 is 19.0 Å². The van der Waals surface area contributed by atoms with Crippen LogP contribution in [-0.2, 0) is 13.3 Å². The highest BCUT2D eigenvalue weighted by Crippen LogP contribution is 2.16. The average molecular weight is 207 g/mol. The third-order valence-electron chi connectivity index (χ3n) is 2.12. The van der Waals surface area contributed by atoms with Crippen LogP contribution in [0.5, 0.6) is 0 Å². The number of hydrogen-bond donors (Lipinski definition) is 1. The summed E-state index contributed by atoms with van der Waals surface area (Å²) in [5.74, 6) is 0. The molecular weight excluding hydrogens is 186 g/mol. The number of unbranched alkanes of at least 4 members (excludes halogenated alkanes) is 2. The van der Waals surface area contributed by atoms with E-state index < -0.39 is 8.80 Å². The molecule has 0 heterocycles. The van der Waals surface area contributed by atoms with Crippen molar-refractivity contribution in [2.75, 3.05) is 27.9 Å². The summed E-state index contributed by atoms with van der Waals surface area (Å²) in [6, 6.07) is 0.872. The fraction of sp³-hybridized carbons (Fsp3) is 1.00. The van der Waals surface area contributed by atoms with Crippen LogP contribution >= 0.6 is 0 Å². The molecule has 2 N–H and O–H groups in total. The van der Waals surface area contributed by atoms with Crippen molar-refractivity contribution in [3.63, 3.8) is 0 Å². The van der Waals surface area contributed by atoms with Crippen molar-refractivity contribution in [2.24, 2.45) is 5.73 Å². The van der Waals surface area contributed by atoms with Crippen LogP contribution in [0.15, 0.2) is 0 Å². The van der Waals surface area contributed by atoms with Crippen LogP contribution in [0.4, 0.5) is 0 Å². The highest BCUT2D eigenvalue weighted by atomic mass is 28.4. The van der Waals surface area contributed by atoms with Crippen molar-refractivity contribution in [2.45, 2.75) is 25.3 Å². The lowest BCUT2D eigenvalue weighted by molar-refractivity contribution is 0.122. The van der Waals surface area contributed by atoms with E-state index in [4.69, 9.17) is 19.0 Å². The van der Waals surface area contributed by atoms with Gasteiger partial charge in [0.15, 0.2) is 0 Å². The van der Waals surface area contributed by atoms with Crippen LogP contribution in [0.2, 0.25) is 6.04 Å². The van der Waals surface area contributed by atoms with Gasteiger partial charge in [0.05, 0.1) is 0 Å². The summed E-state index contributed by atoms with van der Waals surface area (Å²) in [7, 11) is 2.61. The molecule has 0 saturated heterocycles. The van der Waals surface area contributed by atoms with Crippen molar-refractivity contribution in [1.29, 1.82) is 0 Å². The molecule has 0 bridgehead atoms. The van der Waals surface area contributed by atoms with Gasteiger partial charge in [0, 0.05) is 27.4 Å². The van der Waals surface area contributed by atoms with E-state index in [1.807, 2.05) is 0 Å². The molecule has 0 rings (SSSR count). The van der Waals surface area contributed by atoms with Gasteiger partial charge in [-0.3, -0.25) is 0 Å². The first-order valence-electron chi connectivity index (χ1n) is 4.60. The van der Waals surface area contributed by atoms with Crippen molar-refractivity contribution >= 4 is 8.80 Å². The third-order valence-corrected chi connectivity index (χ3v) is 4.95. The quantitative estimate of drug-likeness (QED) is 0.476. The van der Waals surface area contributed by atoms with E-state index in [1.54, 1.807) is 21.3 Å². The average Bonchev–Trinajstić information content (AvgIpc) is 2.20. The van der Waals surface area contributed by atoms with Gasteiger partial charge in [-0.2, -0.15) is 0 Å². The first-order chi connectivity index (χ1) is 6.24. The predicted octanol–water partition coefficient (Wildman–Crippen LogP) is 0.993. The molecule has 13 heavy (non-hydrogen) atoms. The Labute approximate surface area is 81.7 Å². The van der Waals surface area contributed by atoms with Gasteiger partial charge in [0.2, 0.25) is 0 Å². The minimum absolute atomic E-state index is 0.751. The van der Waals surface area contributed by atoms with E-state index in [9.17, 15) is 0 Å². The molecule has 0 aliphatic heterocycles. The molecule has 5 heteroatoms. The van der Waals surface area contributed by atoms with Crippen molar-refractivity contribution in [3.05, 3.63) is 0 Å². The Morgan fingerprint density at radius 3 is 1.85 bits per heavy atom. The molecule has 0 fully saturated rings. The normalized spacial score (nSPS) is 12.0. The molecule has 0 aromatic carbocycles. The van der Waals surface area contributed by atoms with E-state index in [0.29, 0.717) is 0 Å². The maximum absolute atomic E-state index is 5.39. The molecular formula is C8H21NO3Si. The molecule has 4 nitrogen and oxygen atoms in total. The Hall–Kier alpha value is 0.0569. The lowest BCUT2D eigenvalue weighted by Crippen LogP contribution is -2.42. The van der Waals surface area contributed by atoms with Crippen LogP contribution in [0.1, 0.15) is 19.3 Å². The second-order valence-corrected chi connectivity index (χ2v) is 5.99. The van der Waals surface area contributed by atoms with E-state index in [1.165, 1.54) is 0 Å². The fourth-order valence-electron chi connectivity index (χ4n) is 1.22. The van der Waals surface area contributed by atoms with Crippen LogP contribution in [0.25, 0.3) is 0 Å². The molecule has 80 valence electrons. The van der Waals surface area contributed by atoms with E-state index >= 15 is 0 Å². The largest absolute Gasteiger partial charge is 0.500 e. The molecule has 0 spiro atoms. The SMILES string of the molecule is CO[Si](CCCCCN)(OC)OC. The lowest BCUT2D eigenvalue weighted by atomic mass is 10.2. The monoisotopic (exact) mass is 207 g/mol. The predicted molar refractivity (Wildman–Crippen MR) is 54.5 cm³/mol. The Morgan fingerprint density at radius 1 is 0.923 bits per heavy atom. The lowest BCUT2D eigenvalue weighted by Gasteiger charge is -2.24. The van der Waals surface area contributed by atoms with Crippen LogP contribution in [0, 0.1) is 0 Å². The van der Waals surface area contributed by atoms with Gasteiger partial charge in [0.25, 0.3) is 0 Å². The molecule has 0 unspecified atom stereocenters. The zero-order valence-corrected chi connectivity index (χ0v) is 9.84. The number of rotatable bonds is 8. The maximum atomic E-state index is 5.39. The molecule has 0 saturated carbocycles. The fourth-order valence-corrected chi connectivity index (χ4v) is 3.01. The van der Waals surface area contributed by atoms with Crippen molar-refractivity contribution in [3.8, 4) is 0 Å². The minimum Gasteiger partial charge on any atom is -0.377 e. The van der Waals surface area contributed by atoms with Gasteiger partial charge in [0.1, 0.15) is 0 Å². The van der Waals surface area contributed by atoms with Crippen LogP contribution < -0.4 is 5.73 Å². The van der Waals surface area contributed by atoms with E-state index in [-0.39, 0.29) is 0 Å². The third kappa shape index (κ3) is 4.73. The Bertz CT molecular complexity index is 112. The molecule has 0 aromatic heterocycles. The molecule has 0 amide bonds. The molecule has 0 aliphatic rings. The summed E-state index contributed by atoms with van der Waals surface area (Å²) >= 11 is 0. The Balaban J connectivity index is 3.68. The first-order valence-corrected chi connectivity index (χ1v) is 6.53. The molecule has 0 aromatic rings. The first kappa shape index (κ1) is 13.1. The topological polar surface area (TPSA) is 53.7 Å². The standard InChI is InChI=1S/C8H21NO3Si/c1-10-13(11-2,12-3)8-6-4-5-7-9/h4-9H2,1-3H3. The highest BCUT2D eigenvalue weighted by Gasteiger charge is 2.36.